The third kappa shape index (κ3) is 6.76. The molecule has 4 aromatic rings. The van der Waals surface area contributed by atoms with Crippen molar-refractivity contribution in [2.75, 3.05) is 10.6 Å². The monoisotopic (exact) mass is 504 g/mol. The summed E-state index contributed by atoms with van der Waals surface area (Å²) in [5, 5.41) is 5.14. The Bertz CT molecular complexity index is 1390. The van der Waals surface area contributed by atoms with Crippen molar-refractivity contribution in [3.63, 3.8) is 0 Å². The van der Waals surface area contributed by atoms with Gasteiger partial charge in [0.25, 0.3) is 11.8 Å². The van der Waals surface area contributed by atoms with Crippen LogP contribution in [-0.4, -0.2) is 17.9 Å². The molecule has 0 heterocycles. The number of nitrogens with one attached hydrogen (secondary N) is 2. The molecule has 0 saturated heterocycles. The summed E-state index contributed by atoms with van der Waals surface area (Å²) in [6.45, 7) is 1.60. The second-order valence-electron chi connectivity index (χ2n) is 8.25. The van der Waals surface area contributed by atoms with Gasteiger partial charge in [-0.15, -0.1) is 0 Å². The van der Waals surface area contributed by atoms with E-state index in [4.69, 9.17) is 4.74 Å². The van der Waals surface area contributed by atoms with Crippen molar-refractivity contribution in [1.29, 1.82) is 0 Å². The Labute approximate surface area is 211 Å². The van der Waals surface area contributed by atoms with Crippen LogP contribution in [0.5, 0.6) is 5.75 Å². The van der Waals surface area contributed by atoms with Crippen LogP contribution >= 0.6 is 0 Å². The van der Waals surface area contributed by atoms with Crippen molar-refractivity contribution < 1.29 is 27.5 Å². The Morgan fingerprint density at radius 3 is 2.03 bits per heavy atom. The van der Waals surface area contributed by atoms with Crippen LogP contribution in [0.15, 0.2) is 103 Å². The smallest absolute Gasteiger partial charge is 0.416 e. The zero-order valence-corrected chi connectivity index (χ0v) is 19.8. The van der Waals surface area contributed by atoms with Crippen molar-refractivity contribution >= 4 is 23.2 Å². The highest BCUT2D eigenvalue weighted by atomic mass is 19.4. The Hall–Kier alpha value is -4.59. The number of hydrogen-bond acceptors (Lipinski definition) is 3. The predicted molar refractivity (Wildman–Crippen MR) is 136 cm³/mol. The van der Waals surface area contributed by atoms with Gasteiger partial charge in [0.15, 0.2) is 6.10 Å². The zero-order chi connectivity index (χ0) is 26.4. The lowest BCUT2D eigenvalue weighted by Crippen LogP contribution is -2.30. The van der Waals surface area contributed by atoms with E-state index in [1.165, 1.54) is 24.3 Å². The number of anilines is 2. The fourth-order valence-electron chi connectivity index (χ4n) is 3.57. The molecule has 0 fully saturated rings. The van der Waals surface area contributed by atoms with Crippen LogP contribution in [0.4, 0.5) is 24.5 Å². The second kappa shape index (κ2) is 11.0. The topological polar surface area (TPSA) is 67.4 Å². The van der Waals surface area contributed by atoms with Gasteiger partial charge in [0, 0.05) is 16.9 Å². The van der Waals surface area contributed by atoms with Crippen molar-refractivity contribution in [3.05, 3.63) is 114 Å². The molecule has 0 aliphatic carbocycles. The molecule has 0 spiro atoms. The van der Waals surface area contributed by atoms with Crippen LogP contribution in [0.1, 0.15) is 22.8 Å². The van der Waals surface area contributed by atoms with Gasteiger partial charge in [-0.25, -0.2) is 0 Å². The lowest BCUT2D eigenvalue weighted by Gasteiger charge is -2.15. The third-order valence-electron chi connectivity index (χ3n) is 5.48. The van der Waals surface area contributed by atoms with Crippen LogP contribution in [0.2, 0.25) is 0 Å². The van der Waals surface area contributed by atoms with E-state index in [0.29, 0.717) is 11.4 Å². The van der Waals surface area contributed by atoms with Crippen LogP contribution < -0.4 is 15.4 Å². The molecule has 0 aliphatic rings. The molecular weight excluding hydrogens is 481 g/mol. The van der Waals surface area contributed by atoms with E-state index in [0.717, 1.165) is 23.3 Å². The highest BCUT2D eigenvalue weighted by Crippen LogP contribution is 2.31. The maximum absolute atomic E-state index is 12.9. The molecule has 1 unspecified atom stereocenters. The molecule has 2 N–H and O–H groups in total. The molecule has 4 aromatic carbocycles. The molecule has 0 aliphatic heterocycles. The molecule has 0 bridgehead atoms. The third-order valence-corrected chi connectivity index (χ3v) is 5.48. The largest absolute Gasteiger partial charge is 0.481 e. The van der Waals surface area contributed by atoms with Gasteiger partial charge in [-0.1, -0.05) is 54.6 Å². The van der Waals surface area contributed by atoms with Gasteiger partial charge < -0.3 is 15.4 Å². The maximum Gasteiger partial charge on any atom is 0.416 e. The summed E-state index contributed by atoms with van der Waals surface area (Å²) in [5.74, 6) is -0.516. The molecule has 8 heteroatoms. The van der Waals surface area contributed by atoms with Gasteiger partial charge in [-0.2, -0.15) is 13.2 Å². The average molecular weight is 505 g/mol. The van der Waals surface area contributed by atoms with E-state index in [9.17, 15) is 22.8 Å². The van der Waals surface area contributed by atoms with E-state index in [1.807, 2.05) is 42.5 Å². The van der Waals surface area contributed by atoms with Crippen molar-refractivity contribution in [3.8, 4) is 16.9 Å². The second-order valence-corrected chi connectivity index (χ2v) is 8.25. The number of carbonyl (C=O) groups is 2. The van der Waals surface area contributed by atoms with Gasteiger partial charge in [-0.3, -0.25) is 9.59 Å². The molecule has 1 atom stereocenters. The molecule has 37 heavy (non-hydrogen) atoms. The minimum absolute atomic E-state index is 0.00886. The molecule has 0 radical (unpaired) electrons. The summed E-state index contributed by atoms with van der Waals surface area (Å²) in [5.41, 5.74) is 1.74. The van der Waals surface area contributed by atoms with E-state index in [1.54, 1.807) is 31.2 Å². The van der Waals surface area contributed by atoms with Crippen LogP contribution in [-0.2, 0) is 11.0 Å². The number of hydrogen-bond donors (Lipinski definition) is 2. The molecule has 5 nitrogen and oxygen atoms in total. The number of ether oxygens (including phenoxy) is 1. The molecule has 4 rings (SSSR count). The zero-order valence-electron chi connectivity index (χ0n) is 19.8. The van der Waals surface area contributed by atoms with Gasteiger partial charge in [0.05, 0.1) is 5.56 Å². The molecular formula is C29H23F3N2O3. The van der Waals surface area contributed by atoms with Gasteiger partial charge in [-0.05, 0) is 66.6 Å². The lowest BCUT2D eigenvalue weighted by atomic mass is 10.1. The van der Waals surface area contributed by atoms with Gasteiger partial charge in [0.1, 0.15) is 5.75 Å². The molecule has 0 aromatic heterocycles. The first kappa shape index (κ1) is 25.5. The van der Waals surface area contributed by atoms with Gasteiger partial charge in [0.2, 0.25) is 0 Å². The van der Waals surface area contributed by atoms with Gasteiger partial charge >= 0.3 is 6.18 Å². The fourth-order valence-corrected chi connectivity index (χ4v) is 3.57. The summed E-state index contributed by atoms with van der Waals surface area (Å²) < 4.78 is 44.5. The Morgan fingerprint density at radius 1 is 0.730 bits per heavy atom. The number of halogens is 3. The molecule has 188 valence electrons. The first-order valence-electron chi connectivity index (χ1n) is 11.4. The maximum atomic E-state index is 12.9. The quantitative estimate of drug-likeness (QED) is 0.284. The minimum Gasteiger partial charge on any atom is -0.481 e. The number of amides is 2. The summed E-state index contributed by atoms with van der Waals surface area (Å²) in [7, 11) is 0. The normalized spacial score (nSPS) is 11.9. The summed E-state index contributed by atoms with van der Waals surface area (Å²) in [6.07, 6.45) is -5.35. The van der Waals surface area contributed by atoms with E-state index in [2.05, 4.69) is 10.6 Å². The first-order chi connectivity index (χ1) is 17.7. The Balaban J connectivity index is 1.37. The number of alkyl halides is 3. The number of rotatable bonds is 7. The lowest BCUT2D eigenvalue weighted by molar-refractivity contribution is -0.137. The van der Waals surface area contributed by atoms with Crippen LogP contribution in [0.25, 0.3) is 11.1 Å². The van der Waals surface area contributed by atoms with E-state index in [-0.39, 0.29) is 11.3 Å². The SMILES string of the molecule is CC(Oc1ccc(-c2ccccc2)cc1)C(=O)Nc1cccc(C(=O)Nc2cccc(C(F)(F)F)c2)c1. The van der Waals surface area contributed by atoms with Crippen molar-refractivity contribution in [2.24, 2.45) is 0 Å². The number of carbonyl (C=O) groups excluding carboxylic acids is 2. The Kier molecular flexibility index (Phi) is 7.57. The van der Waals surface area contributed by atoms with Crippen molar-refractivity contribution in [2.45, 2.75) is 19.2 Å². The van der Waals surface area contributed by atoms with Crippen molar-refractivity contribution in [1.82, 2.24) is 0 Å². The predicted octanol–water partition coefficient (Wildman–Crippen LogP) is 7.03. The highest BCUT2D eigenvalue weighted by molar-refractivity contribution is 6.05. The summed E-state index contributed by atoms with van der Waals surface area (Å²) >= 11 is 0. The standard InChI is InChI=1S/C29H23F3N2O3/c1-19(37-26-15-13-21(14-16-26)20-7-3-2-4-8-20)27(35)33-24-11-5-9-22(17-24)28(36)34-25-12-6-10-23(18-25)29(30,31)32/h2-19H,1H3,(H,33,35)(H,34,36). The summed E-state index contributed by atoms with van der Waals surface area (Å²) in [4.78, 5) is 25.3. The van der Waals surface area contributed by atoms with Crippen LogP contribution in [0.3, 0.4) is 0 Å². The van der Waals surface area contributed by atoms with E-state index < -0.39 is 29.7 Å². The Morgan fingerprint density at radius 2 is 1.35 bits per heavy atom. The van der Waals surface area contributed by atoms with Crippen LogP contribution in [0, 0.1) is 0 Å². The molecule has 0 saturated carbocycles. The average Bonchev–Trinajstić information content (AvgIpc) is 2.89. The molecule has 2 amide bonds. The summed E-state index contributed by atoms with van der Waals surface area (Å²) in [6, 6.07) is 27.7. The highest BCUT2D eigenvalue weighted by Gasteiger charge is 2.30. The fraction of sp³-hybridized carbons (Fsp3) is 0.103. The van der Waals surface area contributed by atoms with E-state index >= 15 is 0 Å². The number of benzene rings is 4. The first-order valence-corrected chi connectivity index (χ1v) is 11.4. The minimum atomic E-state index is -4.52.